The van der Waals surface area contributed by atoms with E-state index in [9.17, 15) is 9.59 Å². The number of fused-ring (bicyclic) bond motifs is 1. The van der Waals surface area contributed by atoms with Gasteiger partial charge in [-0.1, -0.05) is 61.5 Å². The number of carbonyl (C=O) groups excluding carboxylic acids is 2. The molecule has 2 aliphatic heterocycles. The minimum Gasteiger partial charge on any atom is -0.306 e. The minimum absolute atomic E-state index is 0.0566. The lowest BCUT2D eigenvalue weighted by atomic mass is 9.91. The number of nitrogens with zero attached hydrogens (tertiary/aromatic N) is 2. The van der Waals surface area contributed by atoms with E-state index in [1.807, 2.05) is 12.1 Å². The first-order chi connectivity index (χ1) is 16.5. The van der Waals surface area contributed by atoms with Gasteiger partial charge in [-0.25, -0.2) is 4.39 Å². The summed E-state index contributed by atoms with van der Waals surface area (Å²) in [6.45, 7) is 3.43. The van der Waals surface area contributed by atoms with E-state index in [0.29, 0.717) is 17.3 Å². The Bertz CT molecular complexity index is 1290. The third-order valence-corrected chi connectivity index (χ3v) is 8.08. The third kappa shape index (κ3) is 3.13. The van der Waals surface area contributed by atoms with Gasteiger partial charge in [0.2, 0.25) is 5.67 Å². The molecule has 2 unspecified atom stereocenters. The van der Waals surface area contributed by atoms with E-state index in [2.05, 4.69) is 41.3 Å². The van der Waals surface area contributed by atoms with Crippen molar-refractivity contribution in [3.63, 3.8) is 0 Å². The maximum absolute atomic E-state index is 16.1. The summed E-state index contributed by atoms with van der Waals surface area (Å²) in [5.41, 5.74) is 1.54. The van der Waals surface area contributed by atoms with Crippen LogP contribution in [0.5, 0.6) is 0 Å². The summed E-state index contributed by atoms with van der Waals surface area (Å²) in [6, 6.07) is 20.5. The Morgan fingerprint density at radius 3 is 2.53 bits per heavy atom. The molecule has 5 heteroatoms. The van der Waals surface area contributed by atoms with Crippen molar-refractivity contribution in [1.29, 1.82) is 0 Å². The van der Waals surface area contributed by atoms with Gasteiger partial charge in [0.1, 0.15) is 5.78 Å². The fraction of sp³-hybridized carbons (Fsp3) is 0.379. The SMILES string of the molecule is CCC(=O)CC1(F)C(=O)N(C2CCN(C3Cc4cccc5cccc3c45)CC2)c2ccccc21. The molecule has 3 aromatic carbocycles. The van der Waals surface area contributed by atoms with Crippen LogP contribution in [-0.4, -0.2) is 35.7 Å². The Labute approximate surface area is 199 Å². The van der Waals surface area contributed by atoms with Gasteiger partial charge in [0.05, 0.1) is 12.1 Å². The summed E-state index contributed by atoms with van der Waals surface area (Å²) in [7, 11) is 0. The quantitative estimate of drug-likeness (QED) is 0.510. The van der Waals surface area contributed by atoms with Crippen molar-refractivity contribution in [2.24, 2.45) is 0 Å². The van der Waals surface area contributed by atoms with Crippen molar-refractivity contribution in [3.8, 4) is 0 Å². The number of rotatable bonds is 5. The highest BCUT2D eigenvalue weighted by Gasteiger charge is 2.54. The second kappa shape index (κ2) is 8.02. The molecule has 0 aromatic heterocycles. The van der Waals surface area contributed by atoms with Crippen LogP contribution in [0.2, 0.25) is 0 Å². The predicted molar refractivity (Wildman–Crippen MR) is 132 cm³/mol. The molecule has 3 aliphatic rings. The van der Waals surface area contributed by atoms with E-state index >= 15 is 4.39 Å². The average Bonchev–Trinajstić information content (AvgIpc) is 3.34. The number of Topliss-reactive ketones (excluding diaryl/α,β-unsaturated/α-hetero) is 1. The van der Waals surface area contributed by atoms with Crippen LogP contribution in [0.15, 0.2) is 60.7 Å². The number of hydrogen-bond acceptors (Lipinski definition) is 3. The van der Waals surface area contributed by atoms with Gasteiger partial charge in [0.15, 0.2) is 0 Å². The molecule has 1 saturated heterocycles. The van der Waals surface area contributed by atoms with Crippen LogP contribution >= 0.6 is 0 Å². The number of para-hydroxylation sites is 1. The van der Waals surface area contributed by atoms with E-state index in [4.69, 9.17) is 0 Å². The standard InChI is InChI=1S/C29H29FN2O2/c1-2-22(33)18-29(30)24-11-3-4-12-25(24)32(28(29)34)21-13-15-31(16-14-21)26-17-20-9-5-7-19-8-6-10-23(26)27(19)20/h3-12,21,26H,2,13-18H2,1H3. The highest BCUT2D eigenvalue weighted by atomic mass is 19.1. The number of amides is 1. The van der Waals surface area contributed by atoms with Crippen molar-refractivity contribution < 1.29 is 14.0 Å². The van der Waals surface area contributed by atoms with Crippen molar-refractivity contribution in [3.05, 3.63) is 77.4 Å². The van der Waals surface area contributed by atoms with Gasteiger partial charge >= 0.3 is 0 Å². The van der Waals surface area contributed by atoms with Gasteiger partial charge in [-0.05, 0) is 47.2 Å². The molecular formula is C29H29FN2O2. The van der Waals surface area contributed by atoms with Crippen molar-refractivity contribution >= 4 is 28.2 Å². The van der Waals surface area contributed by atoms with Gasteiger partial charge in [0.25, 0.3) is 5.91 Å². The third-order valence-electron chi connectivity index (χ3n) is 8.08. The highest BCUT2D eigenvalue weighted by Crippen LogP contribution is 2.48. The molecular weight excluding hydrogens is 427 g/mol. The Morgan fingerprint density at radius 1 is 1.03 bits per heavy atom. The monoisotopic (exact) mass is 456 g/mol. The number of alkyl halides is 1. The number of carbonyl (C=O) groups is 2. The first kappa shape index (κ1) is 21.5. The summed E-state index contributed by atoms with van der Waals surface area (Å²) in [4.78, 5) is 29.8. The molecule has 3 aromatic rings. The number of hydrogen-bond donors (Lipinski definition) is 0. The summed E-state index contributed by atoms with van der Waals surface area (Å²) in [5.74, 6) is -0.788. The summed E-state index contributed by atoms with van der Waals surface area (Å²) < 4.78 is 16.1. The molecule has 0 spiro atoms. The number of benzene rings is 3. The normalized spacial score (nSPS) is 24.7. The van der Waals surface area contributed by atoms with Crippen LogP contribution in [0.25, 0.3) is 10.8 Å². The van der Waals surface area contributed by atoms with Gasteiger partial charge in [-0.15, -0.1) is 0 Å². The maximum Gasteiger partial charge on any atom is 0.270 e. The van der Waals surface area contributed by atoms with Gasteiger partial charge in [0, 0.05) is 37.2 Å². The molecule has 6 rings (SSSR count). The van der Waals surface area contributed by atoms with Gasteiger partial charge in [-0.3, -0.25) is 14.5 Å². The molecule has 174 valence electrons. The van der Waals surface area contributed by atoms with Gasteiger partial charge in [-0.2, -0.15) is 0 Å². The second-order valence-corrected chi connectivity index (χ2v) is 9.91. The molecule has 0 bridgehead atoms. The van der Waals surface area contributed by atoms with Crippen LogP contribution in [-0.2, 0) is 21.7 Å². The van der Waals surface area contributed by atoms with Crippen molar-refractivity contribution in [1.82, 2.24) is 4.90 Å². The Morgan fingerprint density at radius 2 is 1.76 bits per heavy atom. The second-order valence-electron chi connectivity index (χ2n) is 9.91. The first-order valence-corrected chi connectivity index (χ1v) is 12.4. The Balaban J connectivity index is 1.23. The summed E-state index contributed by atoms with van der Waals surface area (Å²) in [5, 5.41) is 2.69. The highest BCUT2D eigenvalue weighted by molar-refractivity contribution is 6.09. The van der Waals surface area contributed by atoms with E-state index in [1.54, 1.807) is 24.0 Å². The Kier molecular flexibility index (Phi) is 5.07. The molecule has 4 nitrogen and oxygen atoms in total. The van der Waals surface area contributed by atoms with E-state index in [-0.39, 0.29) is 24.7 Å². The fourth-order valence-electron chi connectivity index (χ4n) is 6.36. The van der Waals surface area contributed by atoms with Crippen LogP contribution in [0.1, 0.15) is 55.3 Å². The molecule has 0 radical (unpaired) electrons. The number of piperidine rings is 1. The maximum atomic E-state index is 16.1. The number of likely N-dealkylation sites (tertiary alicyclic amines) is 1. The lowest BCUT2D eigenvalue weighted by molar-refractivity contribution is -0.135. The van der Waals surface area contributed by atoms with Crippen molar-refractivity contribution in [2.45, 2.75) is 56.8 Å². The molecule has 34 heavy (non-hydrogen) atoms. The van der Waals surface area contributed by atoms with Crippen LogP contribution < -0.4 is 4.90 Å². The summed E-state index contributed by atoms with van der Waals surface area (Å²) in [6.07, 6.45) is 2.45. The predicted octanol–water partition coefficient (Wildman–Crippen LogP) is 5.48. The average molecular weight is 457 g/mol. The zero-order valence-corrected chi connectivity index (χ0v) is 19.5. The Hall–Kier alpha value is -3.05. The van der Waals surface area contributed by atoms with Crippen LogP contribution in [0, 0.1) is 0 Å². The number of anilines is 1. The zero-order valence-electron chi connectivity index (χ0n) is 19.5. The minimum atomic E-state index is -2.25. The molecule has 0 N–H and O–H groups in total. The molecule has 2 heterocycles. The van der Waals surface area contributed by atoms with Crippen LogP contribution in [0.4, 0.5) is 10.1 Å². The molecule has 0 saturated carbocycles. The van der Waals surface area contributed by atoms with Gasteiger partial charge < -0.3 is 4.90 Å². The summed E-state index contributed by atoms with van der Waals surface area (Å²) >= 11 is 0. The lowest BCUT2D eigenvalue weighted by Gasteiger charge is -2.40. The van der Waals surface area contributed by atoms with Crippen LogP contribution in [0.3, 0.4) is 0 Å². The number of halogens is 1. The molecule has 2 atom stereocenters. The largest absolute Gasteiger partial charge is 0.306 e. The van der Waals surface area contributed by atoms with E-state index in [0.717, 1.165) is 32.4 Å². The molecule has 1 fully saturated rings. The zero-order chi connectivity index (χ0) is 23.4. The fourth-order valence-corrected chi connectivity index (χ4v) is 6.36. The van der Waals surface area contributed by atoms with Crippen molar-refractivity contribution in [2.75, 3.05) is 18.0 Å². The van der Waals surface area contributed by atoms with E-state index < -0.39 is 11.6 Å². The lowest BCUT2D eigenvalue weighted by Crippen LogP contribution is -2.49. The molecule has 1 aliphatic carbocycles. The number of ketones is 1. The molecule has 1 amide bonds. The smallest absolute Gasteiger partial charge is 0.270 e. The first-order valence-electron chi connectivity index (χ1n) is 12.4. The topological polar surface area (TPSA) is 40.6 Å². The van der Waals surface area contributed by atoms with E-state index in [1.165, 1.54) is 21.9 Å².